The molecule has 1 heterocycles. The summed E-state index contributed by atoms with van der Waals surface area (Å²) in [5, 5.41) is 0. The van der Waals surface area contributed by atoms with Crippen LogP contribution in [0.4, 0.5) is 0 Å². The van der Waals surface area contributed by atoms with Gasteiger partial charge in [0, 0.05) is 19.4 Å². The standard InChI is InChI=1S/C6H8N2O2/c1-8-4-3-7-5(8)6(9)10-2/h3-4H,1-2H3. The van der Waals surface area contributed by atoms with Crippen LogP contribution in [0.15, 0.2) is 12.4 Å². The molecular formula is C6H8N2O2. The highest BCUT2D eigenvalue weighted by atomic mass is 16.5. The Morgan fingerprint density at radius 1 is 1.80 bits per heavy atom. The van der Waals surface area contributed by atoms with E-state index in [1.54, 1.807) is 24.0 Å². The molecule has 0 atom stereocenters. The van der Waals surface area contributed by atoms with Gasteiger partial charge in [-0.25, -0.2) is 9.78 Å². The summed E-state index contributed by atoms with van der Waals surface area (Å²) in [7, 11) is 3.07. The van der Waals surface area contributed by atoms with Gasteiger partial charge >= 0.3 is 5.97 Å². The molecule has 0 aromatic carbocycles. The summed E-state index contributed by atoms with van der Waals surface area (Å²) in [6, 6.07) is 0. The van der Waals surface area contributed by atoms with E-state index < -0.39 is 5.97 Å². The van der Waals surface area contributed by atoms with E-state index in [0.717, 1.165) is 0 Å². The van der Waals surface area contributed by atoms with Crippen molar-refractivity contribution in [2.45, 2.75) is 0 Å². The van der Waals surface area contributed by atoms with Crippen molar-refractivity contribution >= 4 is 5.97 Å². The lowest BCUT2D eigenvalue weighted by atomic mass is 10.6. The van der Waals surface area contributed by atoms with Crippen LogP contribution < -0.4 is 0 Å². The molecule has 0 bridgehead atoms. The number of rotatable bonds is 1. The van der Waals surface area contributed by atoms with Gasteiger partial charge in [-0.3, -0.25) is 0 Å². The van der Waals surface area contributed by atoms with Gasteiger partial charge in [-0.05, 0) is 0 Å². The van der Waals surface area contributed by atoms with Crippen LogP contribution >= 0.6 is 0 Å². The molecule has 1 rings (SSSR count). The van der Waals surface area contributed by atoms with Gasteiger partial charge in [0.1, 0.15) is 0 Å². The average Bonchev–Trinajstić information content (AvgIpc) is 2.34. The third-order valence-electron chi connectivity index (χ3n) is 1.19. The molecule has 0 saturated heterocycles. The van der Waals surface area contributed by atoms with Crippen molar-refractivity contribution in [3.8, 4) is 0 Å². The molecule has 4 heteroatoms. The Morgan fingerprint density at radius 3 is 2.90 bits per heavy atom. The zero-order chi connectivity index (χ0) is 7.56. The molecule has 0 N–H and O–H groups in total. The first-order chi connectivity index (χ1) is 4.75. The third-order valence-corrected chi connectivity index (χ3v) is 1.19. The summed E-state index contributed by atoms with van der Waals surface area (Å²) in [6.45, 7) is 0. The van der Waals surface area contributed by atoms with Crippen molar-refractivity contribution in [2.24, 2.45) is 7.05 Å². The highest BCUT2D eigenvalue weighted by molar-refractivity contribution is 5.85. The number of aromatic nitrogens is 2. The van der Waals surface area contributed by atoms with Gasteiger partial charge in [-0.15, -0.1) is 0 Å². The van der Waals surface area contributed by atoms with E-state index in [-0.39, 0.29) is 0 Å². The van der Waals surface area contributed by atoms with Crippen molar-refractivity contribution in [3.63, 3.8) is 0 Å². The van der Waals surface area contributed by atoms with Gasteiger partial charge < -0.3 is 9.30 Å². The minimum Gasteiger partial charge on any atom is -0.463 e. The Bertz CT molecular complexity index is 242. The SMILES string of the molecule is COC(=O)c1nccn1C. The maximum atomic E-state index is 10.8. The predicted molar refractivity (Wildman–Crippen MR) is 34.5 cm³/mol. The number of hydrogen-bond donors (Lipinski definition) is 0. The Balaban J connectivity index is 2.93. The van der Waals surface area contributed by atoms with Crippen molar-refractivity contribution < 1.29 is 9.53 Å². The minimum atomic E-state index is -0.410. The number of imidazole rings is 1. The Morgan fingerprint density at radius 2 is 2.50 bits per heavy atom. The minimum absolute atomic E-state index is 0.322. The van der Waals surface area contributed by atoms with Gasteiger partial charge in [0.15, 0.2) is 0 Å². The van der Waals surface area contributed by atoms with E-state index in [9.17, 15) is 4.79 Å². The normalized spacial score (nSPS) is 9.40. The molecule has 0 aliphatic heterocycles. The summed E-state index contributed by atoms with van der Waals surface area (Å²) < 4.78 is 6.06. The molecule has 0 saturated carbocycles. The summed E-state index contributed by atoms with van der Waals surface area (Å²) in [5.41, 5.74) is 0. The Hall–Kier alpha value is -1.32. The van der Waals surface area contributed by atoms with Crippen LogP contribution in [0.5, 0.6) is 0 Å². The molecule has 0 unspecified atom stereocenters. The van der Waals surface area contributed by atoms with Crippen LogP contribution in [-0.4, -0.2) is 22.6 Å². The van der Waals surface area contributed by atoms with Crippen molar-refractivity contribution in [2.75, 3.05) is 7.11 Å². The van der Waals surface area contributed by atoms with Crippen LogP contribution in [0.2, 0.25) is 0 Å². The zero-order valence-electron chi connectivity index (χ0n) is 5.87. The number of carbonyl (C=O) groups excluding carboxylic acids is 1. The lowest BCUT2D eigenvalue weighted by Gasteiger charge is -1.96. The van der Waals surface area contributed by atoms with E-state index in [1.165, 1.54) is 7.11 Å². The van der Waals surface area contributed by atoms with E-state index in [4.69, 9.17) is 0 Å². The van der Waals surface area contributed by atoms with Gasteiger partial charge in [0.2, 0.25) is 5.82 Å². The fourth-order valence-electron chi connectivity index (χ4n) is 0.654. The molecule has 4 nitrogen and oxygen atoms in total. The van der Waals surface area contributed by atoms with E-state index >= 15 is 0 Å². The number of carbonyl (C=O) groups is 1. The summed E-state index contributed by atoms with van der Waals surface area (Å²) >= 11 is 0. The molecule has 54 valence electrons. The van der Waals surface area contributed by atoms with Crippen LogP contribution in [0.25, 0.3) is 0 Å². The molecule has 0 fully saturated rings. The number of aryl methyl sites for hydroxylation is 1. The monoisotopic (exact) mass is 140 g/mol. The second kappa shape index (κ2) is 2.51. The predicted octanol–water partition coefficient (Wildman–Crippen LogP) is 0.207. The summed E-state index contributed by atoms with van der Waals surface area (Å²) in [6.07, 6.45) is 3.23. The number of esters is 1. The Labute approximate surface area is 58.4 Å². The molecule has 1 aromatic rings. The highest BCUT2D eigenvalue weighted by Crippen LogP contribution is 1.94. The van der Waals surface area contributed by atoms with Crippen molar-refractivity contribution in [1.29, 1.82) is 0 Å². The molecule has 1 aromatic heterocycles. The highest BCUT2D eigenvalue weighted by Gasteiger charge is 2.08. The van der Waals surface area contributed by atoms with Gasteiger partial charge in [0.05, 0.1) is 7.11 Å². The molecule has 0 radical (unpaired) electrons. The lowest BCUT2D eigenvalue weighted by molar-refractivity contribution is 0.0583. The number of methoxy groups -OCH3 is 1. The van der Waals surface area contributed by atoms with Gasteiger partial charge in [-0.2, -0.15) is 0 Å². The largest absolute Gasteiger partial charge is 0.463 e. The fraction of sp³-hybridized carbons (Fsp3) is 0.333. The fourth-order valence-corrected chi connectivity index (χ4v) is 0.654. The number of nitrogens with zero attached hydrogens (tertiary/aromatic N) is 2. The smallest absolute Gasteiger partial charge is 0.374 e. The van der Waals surface area contributed by atoms with Crippen LogP contribution in [0, 0.1) is 0 Å². The molecule has 0 spiro atoms. The molecule has 0 aliphatic carbocycles. The zero-order valence-corrected chi connectivity index (χ0v) is 5.87. The van der Waals surface area contributed by atoms with Crippen molar-refractivity contribution in [3.05, 3.63) is 18.2 Å². The topological polar surface area (TPSA) is 44.1 Å². The molecule has 10 heavy (non-hydrogen) atoms. The summed E-state index contributed by atoms with van der Waals surface area (Å²) in [5.74, 6) is -0.0880. The van der Waals surface area contributed by atoms with Crippen LogP contribution in [0.1, 0.15) is 10.6 Å². The van der Waals surface area contributed by atoms with Crippen molar-refractivity contribution in [1.82, 2.24) is 9.55 Å². The number of ether oxygens (including phenoxy) is 1. The lowest BCUT2D eigenvalue weighted by Crippen LogP contribution is -2.08. The van der Waals surface area contributed by atoms with Gasteiger partial charge in [0.25, 0.3) is 0 Å². The van der Waals surface area contributed by atoms with E-state index in [1.807, 2.05) is 0 Å². The maximum absolute atomic E-state index is 10.8. The summed E-state index contributed by atoms with van der Waals surface area (Å²) in [4.78, 5) is 14.6. The quantitative estimate of drug-likeness (QED) is 0.523. The Kier molecular flexibility index (Phi) is 1.71. The van der Waals surface area contributed by atoms with E-state index in [0.29, 0.717) is 5.82 Å². The second-order valence-corrected chi connectivity index (χ2v) is 1.85. The van der Waals surface area contributed by atoms with E-state index in [2.05, 4.69) is 9.72 Å². The first-order valence-corrected chi connectivity index (χ1v) is 2.81. The van der Waals surface area contributed by atoms with Crippen LogP contribution in [0.3, 0.4) is 0 Å². The molecular weight excluding hydrogens is 132 g/mol. The second-order valence-electron chi connectivity index (χ2n) is 1.85. The maximum Gasteiger partial charge on any atom is 0.374 e. The van der Waals surface area contributed by atoms with Crippen LogP contribution in [-0.2, 0) is 11.8 Å². The molecule has 0 aliphatic rings. The average molecular weight is 140 g/mol. The number of hydrogen-bond acceptors (Lipinski definition) is 3. The third kappa shape index (κ3) is 1.00. The first kappa shape index (κ1) is 6.80. The first-order valence-electron chi connectivity index (χ1n) is 2.81. The molecule has 0 amide bonds. The van der Waals surface area contributed by atoms with Gasteiger partial charge in [-0.1, -0.05) is 0 Å².